The molecule has 0 aliphatic rings. The van der Waals surface area contributed by atoms with Gasteiger partial charge in [0.2, 0.25) is 0 Å². The Morgan fingerprint density at radius 3 is 2.38 bits per heavy atom. The zero-order valence-corrected chi connectivity index (χ0v) is 7.00. The van der Waals surface area contributed by atoms with Gasteiger partial charge in [-0.3, -0.25) is 4.79 Å². The summed E-state index contributed by atoms with van der Waals surface area (Å²) >= 11 is 0. The quantitative estimate of drug-likeness (QED) is 0.325. The van der Waals surface area contributed by atoms with E-state index in [0.717, 1.165) is 5.98 Å². The predicted octanol–water partition coefficient (Wildman–Crippen LogP) is -1.81. The van der Waals surface area contributed by atoms with Gasteiger partial charge in [-0.1, -0.05) is 0 Å². The standard InChI is InChI=1S/C6H13BNO5/c8-5(6(9)10)3-1-2-4-7(11,12)13/h2,4-5,11-13H,1,3,8H2,(H,9,10)/q-1/b4-2+/t5-/m0/s1. The van der Waals surface area contributed by atoms with E-state index in [1.807, 2.05) is 0 Å². The lowest BCUT2D eigenvalue weighted by Crippen LogP contribution is -2.32. The van der Waals surface area contributed by atoms with E-state index in [1.54, 1.807) is 0 Å². The molecule has 13 heavy (non-hydrogen) atoms. The second-order valence-electron chi connectivity index (χ2n) is 2.74. The Balaban J connectivity index is 3.68. The molecule has 0 bridgehead atoms. The van der Waals surface area contributed by atoms with Gasteiger partial charge in [0.1, 0.15) is 6.04 Å². The minimum atomic E-state index is -3.42. The first-order valence-electron chi connectivity index (χ1n) is 3.81. The van der Waals surface area contributed by atoms with Crippen molar-refractivity contribution in [3.63, 3.8) is 0 Å². The number of allylic oxidation sites excluding steroid dienone is 1. The fourth-order valence-electron chi connectivity index (χ4n) is 0.678. The van der Waals surface area contributed by atoms with Gasteiger partial charge in [-0.15, -0.1) is 6.08 Å². The van der Waals surface area contributed by atoms with Gasteiger partial charge in [-0.05, 0) is 12.8 Å². The summed E-state index contributed by atoms with van der Waals surface area (Å²) in [6.45, 7) is -3.42. The Labute approximate surface area is 75.3 Å². The van der Waals surface area contributed by atoms with Crippen LogP contribution in [0.4, 0.5) is 0 Å². The Kier molecular flexibility index (Phi) is 4.64. The maximum Gasteiger partial charge on any atom is 0.395 e. The lowest BCUT2D eigenvalue weighted by molar-refractivity contribution is -0.138. The molecule has 0 fully saturated rings. The Bertz CT molecular complexity index is 200. The molecule has 1 atom stereocenters. The van der Waals surface area contributed by atoms with Gasteiger partial charge < -0.3 is 25.9 Å². The molecule has 0 spiro atoms. The van der Waals surface area contributed by atoms with Crippen molar-refractivity contribution in [2.24, 2.45) is 5.73 Å². The van der Waals surface area contributed by atoms with E-state index in [4.69, 9.17) is 25.9 Å². The lowest BCUT2D eigenvalue weighted by Gasteiger charge is -2.14. The van der Waals surface area contributed by atoms with E-state index in [9.17, 15) is 4.79 Å². The molecule has 0 saturated carbocycles. The first-order valence-corrected chi connectivity index (χ1v) is 3.81. The van der Waals surface area contributed by atoms with Crippen LogP contribution in [-0.4, -0.2) is 38.9 Å². The van der Waals surface area contributed by atoms with Crippen LogP contribution < -0.4 is 5.73 Å². The van der Waals surface area contributed by atoms with Crippen LogP contribution in [-0.2, 0) is 4.79 Å². The molecule has 7 heteroatoms. The SMILES string of the molecule is N[C@@H](CC/C=C/[B-](O)(O)O)C(=O)O. The predicted molar refractivity (Wildman–Crippen MR) is 46.4 cm³/mol. The Morgan fingerprint density at radius 1 is 1.46 bits per heavy atom. The number of carbonyl (C=O) groups is 1. The van der Waals surface area contributed by atoms with Gasteiger partial charge >= 0.3 is 12.7 Å². The van der Waals surface area contributed by atoms with Crippen LogP contribution in [0.2, 0.25) is 0 Å². The highest BCUT2D eigenvalue weighted by Gasteiger charge is 2.11. The van der Waals surface area contributed by atoms with Gasteiger partial charge in [-0.25, -0.2) is 0 Å². The fraction of sp³-hybridized carbons (Fsp3) is 0.500. The van der Waals surface area contributed by atoms with E-state index in [2.05, 4.69) is 0 Å². The van der Waals surface area contributed by atoms with Gasteiger partial charge in [0, 0.05) is 0 Å². The van der Waals surface area contributed by atoms with Crippen LogP contribution >= 0.6 is 0 Å². The van der Waals surface area contributed by atoms with E-state index < -0.39 is 18.8 Å². The topological polar surface area (TPSA) is 124 Å². The monoisotopic (exact) mass is 190 g/mol. The van der Waals surface area contributed by atoms with E-state index >= 15 is 0 Å². The minimum Gasteiger partial charge on any atom is -0.556 e. The van der Waals surface area contributed by atoms with Crippen molar-refractivity contribution in [1.82, 2.24) is 0 Å². The van der Waals surface area contributed by atoms with Crippen molar-refractivity contribution in [3.05, 3.63) is 12.1 Å². The molecule has 0 radical (unpaired) electrons. The number of hydrogen-bond donors (Lipinski definition) is 5. The Morgan fingerprint density at radius 2 is 2.00 bits per heavy atom. The maximum atomic E-state index is 10.2. The number of nitrogens with two attached hydrogens (primary N) is 1. The summed E-state index contributed by atoms with van der Waals surface area (Å²) in [5.74, 6) is -0.309. The van der Waals surface area contributed by atoms with Crippen molar-refractivity contribution in [3.8, 4) is 0 Å². The molecule has 0 amide bonds. The molecule has 0 aromatic rings. The third-order valence-electron chi connectivity index (χ3n) is 1.36. The maximum absolute atomic E-state index is 10.2. The van der Waals surface area contributed by atoms with E-state index in [1.165, 1.54) is 6.08 Å². The van der Waals surface area contributed by atoms with Crippen LogP contribution in [0.25, 0.3) is 0 Å². The highest BCUT2D eigenvalue weighted by Crippen LogP contribution is 1.98. The molecule has 0 rings (SSSR count). The molecule has 0 aliphatic carbocycles. The molecule has 0 unspecified atom stereocenters. The molecular weight excluding hydrogens is 177 g/mol. The van der Waals surface area contributed by atoms with Gasteiger partial charge in [0.15, 0.2) is 0 Å². The third kappa shape index (κ3) is 7.47. The van der Waals surface area contributed by atoms with Crippen LogP contribution in [0.5, 0.6) is 0 Å². The molecule has 0 aliphatic heterocycles. The van der Waals surface area contributed by atoms with Crippen LogP contribution in [0.1, 0.15) is 12.8 Å². The van der Waals surface area contributed by atoms with Gasteiger partial charge in [-0.2, -0.15) is 5.98 Å². The summed E-state index contributed by atoms with van der Waals surface area (Å²) in [7, 11) is 0. The summed E-state index contributed by atoms with van der Waals surface area (Å²) < 4.78 is 0. The highest BCUT2D eigenvalue weighted by atomic mass is 16.5. The molecule has 0 heterocycles. The van der Waals surface area contributed by atoms with Crippen molar-refractivity contribution in [1.29, 1.82) is 0 Å². The molecule has 6 nitrogen and oxygen atoms in total. The first-order chi connectivity index (χ1) is 5.83. The first kappa shape index (κ1) is 12.1. The molecule has 6 N–H and O–H groups in total. The second kappa shape index (κ2) is 4.98. The zero-order valence-electron chi connectivity index (χ0n) is 7.00. The molecule has 0 aromatic heterocycles. The van der Waals surface area contributed by atoms with Crippen LogP contribution in [0.15, 0.2) is 12.1 Å². The number of carboxylic acid groups (broad SMARTS) is 1. The fourth-order valence-corrected chi connectivity index (χ4v) is 0.678. The number of carboxylic acids is 1. The van der Waals surface area contributed by atoms with E-state index in [-0.39, 0.29) is 12.8 Å². The lowest BCUT2D eigenvalue weighted by atomic mass is 9.80. The van der Waals surface area contributed by atoms with Gasteiger partial charge in [0.05, 0.1) is 0 Å². The average Bonchev–Trinajstić information content (AvgIpc) is 1.95. The molecule has 0 aromatic carbocycles. The van der Waals surface area contributed by atoms with Crippen LogP contribution in [0.3, 0.4) is 0 Å². The number of hydrogen-bond acceptors (Lipinski definition) is 5. The molecule has 0 saturated heterocycles. The van der Waals surface area contributed by atoms with Crippen molar-refractivity contribution < 1.29 is 25.0 Å². The smallest absolute Gasteiger partial charge is 0.395 e. The number of rotatable bonds is 5. The summed E-state index contributed by atoms with van der Waals surface area (Å²) in [4.78, 5) is 10.2. The zero-order chi connectivity index (χ0) is 10.5. The van der Waals surface area contributed by atoms with Gasteiger partial charge in [0.25, 0.3) is 0 Å². The summed E-state index contributed by atoms with van der Waals surface area (Å²) in [5, 5.41) is 33.6. The largest absolute Gasteiger partial charge is 0.556 e. The van der Waals surface area contributed by atoms with Crippen molar-refractivity contribution >= 4 is 12.7 Å². The number of aliphatic carboxylic acids is 1. The molecule has 76 valence electrons. The summed E-state index contributed by atoms with van der Waals surface area (Å²) in [6.07, 6.45) is 1.71. The third-order valence-corrected chi connectivity index (χ3v) is 1.36. The summed E-state index contributed by atoms with van der Waals surface area (Å²) in [5.41, 5.74) is 5.15. The van der Waals surface area contributed by atoms with Crippen LogP contribution in [0, 0.1) is 0 Å². The minimum absolute atomic E-state index is 0.179. The van der Waals surface area contributed by atoms with E-state index in [0.29, 0.717) is 0 Å². The normalized spacial score (nSPS) is 14.8. The van der Waals surface area contributed by atoms with Crippen molar-refractivity contribution in [2.45, 2.75) is 18.9 Å². The second-order valence-corrected chi connectivity index (χ2v) is 2.74. The highest BCUT2D eigenvalue weighted by molar-refractivity contribution is 6.61. The Hall–Kier alpha value is -0.885. The molecular formula is C6H13BNO5-. The average molecular weight is 190 g/mol. The summed E-state index contributed by atoms with van der Waals surface area (Å²) in [6, 6.07) is -0.970. The van der Waals surface area contributed by atoms with Crippen molar-refractivity contribution in [2.75, 3.05) is 0 Å².